The molecule has 1 aliphatic heterocycles. The van der Waals surface area contributed by atoms with E-state index in [1.54, 1.807) is 12.1 Å². The molecule has 6 nitrogen and oxygen atoms in total. The summed E-state index contributed by atoms with van der Waals surface area (Å²) in [6.07, 6.45) is 1.51. The van der Waals surface area contributed by atoms with Gasteiger partial charge >= 0.3 is 0 Å². The normalized spacial score (nSPS) is 18.7. The minimum Gasteiger partial charge on any atom is -0.377 e. The molecule has 1 amide bonds. The highest BCUT2D eigenvalue weighted by Crippen LogP contribution is 2.17. The molecule has 1 N–H and O–H groups in total. The summed E-state index contributed by atoms with van der Waals surface area (Å²) in [5.74, 6) is 0.631. The molecule has 1 saturated heterocycles. The number of morpholine rings is 1. The monoisotopic (exact) mass is 260 g/mol. The van der Waals surface area contributed by atoms with E-state index in [1.807, 2.05) is 17.9 Å². The zero-order valence-corrected chi connectivity index (χ0v) is 10.8. The first-order valence-electron chi connectivity index (χ1n) is 6.24. The Bertz CT molecular complexity index is 480. The average molecular weight is 260 g/mol. The van der Waals surface area contributed by atoms with Crippen molar-refractivity contribution in [2.24, 2.45) is 0 Å². The Morgan fingerprint density at radius 1 is 1.68 bits per heavy atom. The summed E-state index contributed by atoms with van der Waals surface area (Å²) in [6.45, 7) is 4.00. The van der Waals surface area contributed by atoms with Crippen LogP contribution in [0, 0.1) is 11.3 Å². The number of nitrogens with zero attached hydrogens (tertiary/aromatic N) is 3. The van der Waals surface area contributed by atoms with Gasteiger partial charge in [-0.15, -0.1) is 0 Å². The molecule has 1 aliphatic rings. The van der Waals surface area contributed by atoms with Crippen molar-refractivity contribution in [1.82, 2.24) is 10.3 Å². The van der Waals surface area contributed by atoms with E-state index in [1.165, 1.54) is 6.20 Å². The second kappa shape index (κ2) is 6.16. The van der Waals surface area contributed by atoms with E-state index in [9.17, 15) is 4.79 Å². The molecule has 0 saturated carbocycles. The van der Waals surface area contributed by atoms with E-state index in [0.717, 1.165) is 0 Å². The summed E-state index contributed by atoms with van der Waals surface area (Å²) in [5.41, 5.74) is 0.506. The van der Waals surface area contributed by atoms with Crippen LogP contribution in [-0.2, 0) is 9.53 Å². The fourth-order valence-electron chi connectivity index (χ4n) is 2.01. The number of nitriles is 1. The smallest absolute Gasteiger partial charge is 0.245 e. The highest BCUT2D eigenvalue weighted by molar-refractivity contribution is 5.85. The number of amides is 1. The largest absolute Gasteiger partial charge is 0.377 e. The van der Waals surface area contributed by atoms with Gasteiger partial charge in [0.15, 0.2) is 0 Å². The zero-order chi connectivity index (χ0) is 13.7. The van der Waals surface area contributed by atoms with Gasteiger partial charge < -0.3 is 15.0 Å². The molecular weight excluding hydrogens is 244 g/mol. The summed E-state index contributed by atoms with van der Waals surface area (Å²) in [5, 5.41) is 11.6. The molecule has 6 heteroatoms. The van der Waals surface area contributed by atoms with Crippen molar-refractivity contribution in [3.63, 3.8) is 0 Å². The van der Waals surface area contributed by atoms with Crippen molar-refractivity contribution in [1.29, 1.82) is 5.26 Å². The van der Waals surface area contributed by atoms with Crippen LogP contribution >= 0.6 is 0 Å². The van der Waals surface area contributed by atoms with Gasteiger partial charge in [-0.2, -0.15) is 5.26 Å². The minimum absolute atomic E-state index is 0.0617. The number of ether oxygens (including phenoxy) is 1. The van der Waals surface area contributed by atoms with Crippen LogP contribution in [0.1, 0.15) is 12.5 Å². The lowest BCUT2D eigenvalue weighted by Gasteiger charge is -2.35. The molecule has 0 aliphatic carbocycles. The van der Waals surface area contributed by atoms with Crippen LogP contribution in [-0.4, -0.2) is 43.2 Å². The van der Waals surface area contributed by atoms with Crippen LogP contribution in [0.5, 0.6) is 0 Å². The Morgan fingerprint density at radius 2 is 2.53 bits per heavy atom. The minimum atomic E-state index is -0.367. The summed E-state index contributed by atoms with van der Waals surface area (Å²) in [7, 11) is 0. The topological polar surface area (TPSA) is 78.2 Å². The van der Waals surface area contributed by atoms with E-state index in [4.69, 9.17) is 10.00 Å². The number of aromatic nitrogens is 1. The maximum Gasteiger partial charge on any atom is 0.245 e. The maximum absolute atomic E-state index is 12.0. The van der Waals surface area contributed by atoms with Gasteiger partial charge in [0.05, 0.1) is 18.8 Å². The fourth-order valence-corrected chi connectivity index (χ4v) is 2.01. The van der Waals surface area contributed by atoms with Gasteiger partial charge in [-0.25, -0.2) is 4.98 Å². The quantitative estimate of drug-likeness (QED) is 0.845. The Hall–Kier alpha value is -2.13. The van der Waals surface area contributed by atoms with E-state index >= 15 is 0 Å². The Balaban J connectivity index is 2.18. The van der Waals surface area contributed by atoms with E-state index in [2.05, 4.69) is 10.3 Å². The Kier molecular flexibility index (Phi) is 4.31. The van der Waals surface area contributed by atoms with Gasteiger partial charge in [0, 0.05) is 19.3 Å². The van der Waals surface area contributed by atoms with Crippen LogP contribution in [0.2, 0.25) is 0 Å². The molecule has 0 bridgehead atoms. The summed E-state index contributed by atoms with van der Waals surface area (Å²) >= 11 is 0. The Morgan fingerprint density at radius 3 is 3.16 bits per heavy atom. The number of hydrogen-bond acceptors (Lipinski definition) is 5. The molecule has 1 unspecified atom stereocenters. The number of carbonyl (C=O) groups is 1. The standard InChI is InChI=1S/C13H16N4O2/c1-2-15-13(18)11-9-19-6-5-17(11)12-4-3-10(7-14)8-16-12/h3-4,8,11H,2,5-6,9H2,1H3,(H,15,18). The number of hydrogen-bond donors (Lipinski definition) is 1. The van der Waals surface area contributed by atoms with E-state index < -0.39 is 0 Å². The Labute approximate surface area is 112 Å². The molecular formula is C13H16N4O2. The van der Waals surface area contributed by atoms with Crippen LogP contribution < -0.4 is 10.2 Å². The summed E-state index contributed by atoms with van der Waals surface area (Å²) in [6, 6.07) is 5.12. The second-order valence-electron chi connectivity index (χ2n) is 4.20. The molecule has 1 aromatic heterocycles. The molecule has 1 fully saturated rings. The molecule has 2 heterocycles. The number of anilines is 1. The van der Waals surface area contributed by atoms with E-state index in [-0.39, 0.29) is 11.9 Å². The molecule has 0 radical (unpaired) electrons. The average Bonchev–Trinajstić information content (AvgIpc) is 2.47. The third-order valence-electron chi connectivity index (χ3n) is 2.95. The fraction of sp³-hybridized carbons (Fsp3) is 0.462. The summed E-state index contributed by atoms with van der Waals surface area (Å²) < 4.78 is 5.36. The van der Waals surface area contributed by atoms with Crippen molar-refractivity contribution in [2.75, 3.05) is 31.2 Å². The third kappa shape index (κ3) is 3.01. The van der Waals surface area contributed by atoms with Crippen LogP contribution in [0.15, 0.2) is 18.3 Å². The second-order valence-corrected chi connectivity index (χ2v) is 4.20. The van der Waals surface area contributed by atoms with Crippen LogP contribution in [0.3, 0.4) is 0 Å². The van der Waals surface area contributed by atoms with Crippen LogP contribution in [0.4, 0.5) is 5.82 Å². The first-order chi connectivity index (χ1) is 9.26. The molecule has 0 aromatic carbocycles. The predicted molar refractivity (Wildman–Crippen MR) is 69.6 cm³/mol. The SMILES string of the molecule is CCNC(=O)C1COCCN1c1ccc(C#N)cn1. The zero-order valence-electron chi connectivity index (χ0n) is 10.8. The third-order valence-corrected chi connectivity index (χ3v) is 2.95. The van der Waals surface area contributed by atoms with Crippen LogP contribution in [0.25, 0.3) is 0 Å². The molecule has 2 rings (SSSR count). The van der Waals surface area contributed by atoms with Crippen molar-refractivity contribution >= 4 is 11.7 Å². The highest BCUT2D eigenvalue weighted by Gasteiger charge is 2.29. The first kappa shape index (κ1) is 13.3. The van der Waals surface area contributed by atoms with Gasteiger partial charge in [-0.3, -0.25) is 4.79 Å². The lowest BCUT2D eigenvalue weighted by Crippen LogP contribution is -2.54. The number of pyridine rings is 1. The highest BCUT2D eigenvalue weighted by atomic mass is 16.5. The van der Waals surface area contributed by atoms with E-state index in [0.29, 0.717) is 37.7 Å². The molecule has 0 spiro atoms. The number of nitrogens with one attached hydrogen (secondary N) is 1. The molecule has 100 valence electrons. The molecule has 1 atom stereocenters. The number of likely N-dealkylation sites (N-methyl/N-ethyl adjacent to an activating group) is 1. The van der Waals surface area contributed by atoms with Gasteiger partial charge in [0.2, 0.25) is 5.91 Å². The van der Waals surface area contributed by atoms with Crippen molar-refractivity contribution in [3.05, 3.63) is 23.9 Å². The summed E-state index contributed by atoms with van der Waals surface area (Å²) in [4.78, 5) is 18.1. The van der Waals surface area contributed by atoms with Gasteiger partial charge in [0.1, 0.15) is 17.9 Å². The number of carbonyl (C=O) groups excluding carboxylic acids is 1. The first-order valence-corrected chi connectivity index (χ1v) is 6.24. The number of rotatable bonds is 3. The van der Waals surface area contributed by atoms with Crippen molar-refractivity contribution in [3.8, 4) is 6.07 Å². The van der Waals surface area contributed by atoms with Gasteiger partial charge in [-0.1, -0.05) is 0 Å². The predicted octanol–water partition coefficient (Wildman–Crippen LogP) is 0.295. The van der Waals surface area contributed by atoms with Gasteiger partial charge in [0.25, 0.3) is 0 Å². The lowest BCUT2D eigenvalue weighted by atomic mass is 10.2. The van der Waals surface area contributed by atoms with Crippen molar-refractivity contribution < 1.29 is 9.53 Å². The maximum atomic E-state index is 12.0. The van der Waals surface area contributed by atoms with Crippen molar-refractivity contribution in [2.45, 2.75) is 13.0 Å². The molecule has 1 aromatic rings. The van der Waals surface area contributed by atoms with Gasteiger partial charge in [-0.05, 0) is 19.1 Å². The lowest BCUT2D eigenvalue weighted by molar-refractivity contribution is -0.124. The molecule has 19 heavy (non-hydrogen) atoms.